The van der Waals surface area contributed by atoms with E-state index in [2.05, 4.69) is 10.2 Å². The molecule has 4 aromatic rings. The predicted molar refractivity (Wildman–Crippen MR) is 106 cm³/mol. The van der Waals surface area contributed by atoms with Crippen LogP contribution in [0.3, 0.4) is 0 Å². The van der Waals surface area contributed by atoms with Gasteiger partial charge in [0.25, 0.3) is 5.56 Å². The first-order valence-corrected chi connectivity index (χ1v) is 9.06. The Morgan fingerprint density at radius 1 is 0.857 bits per heavy atom. The normalized spacial score (nSPS) is 12.6. The number of H-pyrrole nitrogens is 1. The smallest absolute Gasteiger partial charge is 0.312 e. The first-order valence-electron chi connectivity index (χ1n) is 9.06. The molecule has 0 fully saturated rings. The maximum Gasteiger partial charge on any atom is 0.312 e. The summed E-state index contributed by atoms with van der Waals surface area (Å²) in [6.07, 6.45) is -0.452. The van der Waals surface area contributed by atoms with Crippen LogP contribution >= 0.6 is 0 Å². The molecule has 1 heterocycles. The second-order valence-electron chi connectivity index (χ2n) is 6.77. The number of hydrogen-bond donors (Lipinski definition) is 1. The lowest BCUT2D eigenvalue weighted by molar-refractivity contribution is -0.146. The lowest BCUT2D eigenvalue weighted by Crippen LogP contribution is -2.17. The predicted octanol–water partition coefficient (Wildman–Crippen LogP) is 3.78. The molecule has 0 saturated carbocycles. The van der Waals surface area contributed by atoms with E-state index in [-0.39, 0.29) is 17.9 Å². The lowest BCUT2D eigenvalue weighted by Gasteiger charge is -2.15. The number of carbonyl (C=O) groups is 1. The molecule has 28 heavy (non-hydrogen) atoms. The molecule has 0 radical (unpaired) electrons. The summed E-state index contributed by atoms with van der Waals surface area (Å²) in [6, 6.07) is 23.0. The first-order chi connectivity index (χ1) is 13.7. The number of rotatable bonds is 3. The zero-order chi connectivity index (χ0) is 19.1. The zero-order valence-corrected chi connectivity index (χ0v) is 14.9. The largest absolute Gasteiger partial charge is 0.452 e. The Morgan fingerprint density at radius 3 is 2.11 bits per heavy atom. The second kappa shape index (κ2) is 6.46. The summed E-state index contributed by atoms with van der Waals surface area (Å²) in [6.45, 7) is 0. The van der Waals surface area contributed by atoms with Gasteiger partial charge in [-0.25, -0.2) is 5.10 Å². The van der Waals surface area contributed by atoms with E-state index in [0.717, 1.165) is 22.3 Å². The Morgan fingerprint density at radius 2 is 1.43 bits per heavy atom. The number of nitrogens with zero attached hydrogens (tertiary/aromatic N) is 1. The van der Waals surface area contributed by atoms with Crippen molar-refractivity contribution in [2.75, 3.05) is 0 Å². The van der Waals surface area contributed by atoms with Crippen molar-refractivity contribution < 1.29 is 9.53 Å². The van der Waals surface area contributed by atoms with Gasteiger partial charge in [-0.05, 0) is 17.2 Å². The number of nitrogens with one attached hydrogen (secondary N) is 1. The molecule has 0 unspecified atom stereocenters. The highest BCUT2D eigenvalue weighted by Gasteiger charge is 2.31. The van der Waals surface area contributed by atoms with Gasteiger partial charge in [0.1, 0.15) is 0 Å². The van der Waals surface area contributed by atoms with Crippen LogP contribution in [-0.2, 0) is 16.0 Å². The standard InChI is InChI=1S/C23H16N2O3/c26-21(13-20-16-9-3-6-12-19(16)23(27)25-24-20)28-22-17-10-4-1-7-14(17)15-8-2-5-11-18(15)22/h1-12,22H,13H2,(H,25,27). The van der Waals surface area contributed by atoms with E-state index in [4.69, 9.17) is 4.74 Å². The van der Waals surface area contributed by atoms with Crippen molar-refractivity contribution >= 4 is 16.7 Å². The summed E-state index contributed by atoms with van der Waals surface area (Å²) >= 11 is 0. The van der Waals surface area contributed by atoms with E-state index in [9.17, 15) is 9.59 Å². The first kappa shape index (κ1) is 16.4. The molecule has 0 bridgehead atoms. The number of benzene rings is 3. The van der Waals surface area contributed by atoms with Crippen LogP contribution < -0.4 is 5.56 Å². The van der Waals surface area contributed by atoms with Crippen LogP contribution in [0, 0.1) is 0 Å². The van der Waals surface area contributed by atoms with Gasteiger partial charge in [0, 0.05) is 16.5 Å². The van der Waals surface area contributed by atoms with Crippen LogP contribution in [0.15, 0.2) is 77.6 Å². The van der Waals surface area contributed by atoms with Crippen molar-refractivity contribution in [3.8, 4) is 11.1 Å². The van der Waals surface area contributed by atoms with Crippen LogP contribution in [0.25, 0.3) is 21.9 Å². The van der Waals surface area contributed by atoms with Crippen LogP contribution in [-0.4, -0.2) is 16.2 Å². The molecular formula is C23H16N2O3. The molecule has 1 N–H and O–H groups in total. The van der Waals surface area contributed by atoms with Gasteiger partial charge < -0.3 is 4.74 Å². The van der Waals surface area contributed by atoms with E-state index < -0.39 is 6.10 Å². The summed E-state index contributed by atoms with van der Waals surface area (Å²) in [5.74, 6) is -0.388. The highest BCUT2D eigenvalue weighted by atomic mass is 16.5. The van der Waals surface area contributed by atoms with Crippen LogP contribution in [0.4, 0.5) is 0 Å². The third kappa shape index (κ3) is 2.60. The zero-order valence-electron chi connectivity index (χ0n) is 14.9. The molecule has 0 atom stereocenters. The molecule has 136 valence electrons. The van der Waals surface area contributed by atoms with Crippen molar-refractivity contribution in [1.82, 2.24) is 10.2 Å². The van der Waals surface area contributed by atoms with Gasteiger partial charge in [-0.1, -0.05) is 66.7 Å². The molecule has 1 aliphatic carbocycles. The minimum absolute atomic E-state index is 0.0157. The average Bonchev–Trinajstić information content (AvgIpc) is 3.04. The SMILES string of the molecule is O=C(Cc1n[nH]c(=O)c2ccccc12)OC1c2ccccc2-c2ccccc21. The summed E-state index contributed by atoms with van der Waals surface area (Å²) in [5.41, 5.74) is 4.37. The highest BCUT2D eigenvalue weighted by molar-refractivity contribution is 5.87. The van der Waals surface area contributed by atoms with Crippen molar-refractivity contribution in [2.24, 2.45) is 0 Å². The fourth-order valence-electron chi connectivity index (χ4n) is 3.85. The van der Waals surface area contributed by atoms with Gasteiger partial charge >= 0.3 is 5.97 Å². The van der Waals surface area contributed by atoms with Gasteiger partial charge in [-0.2, -0.15) is 5.10 Å². The number of hydrogen-bond acceptors (Lipinski definition) is 4. The minimum Gasteiger partial charge on any atom is -0.452 e. The number of carbonyl (C=O) groups excluding carboxylic acids is 1. The molecule has 0 aliphatic heterocycles. The molecule has 5 rings (SSSR count). The molecule has 1 aliphatic rings. The summed E-state index contributed by atoms with van der Waals surface area (Å²) in [7, 11) is 0. The van der Waals surface area contributed by atoms with Crippen molar-refractivity contribution in [1.29, 1.82) is 0 Å². The van der Waals surface area contributed by atoms with Crippen LogP contribution in [0.5, 0.6) is 0 Å². The molecule has 3 aromatic carbocycles. The topological polar surface area (TPSA) is 72.0 Å². The minimum atomic E-state index is -0.436. The fourth-order valence-corrected chi connectivity index (χ4v) is 3.85. The van der Waals surface area contributed by atoms with Crippen molar-refractivity contribution in [2.45, 2.75) is 12.5 Å². The second-order valence-corrected chi connectivity index (χ2v) is 6.77. The highest BCUT2D eigenvalue weighted by Crippen LogP contribution is 2.45. The Kier molecular flexibility index (Phi) is 3.79. The molecule has 0 saturated heterocycles. The van der Waals surface area contributed by atoms with E-state index in [0.29, 0.717) is 16.5 Å². The Balaban J connectivity index is 1.47. The maximum absolute atomic E-state index is 12.8. The quantitative estimate of drug-likeness (QED) is 0.559. The van der Waals surface area contributed by atoms with Gasteiger partial charge in [0.05, 0.1) is 17.5 Å². The number of ether oxygens (including phenoxy) is 1. The van der Waals surface area contributed by atoms with Crippen LogP contribution in [0.2, 0.25) is 0 Å². The average molecular weight is 368 g/mol. The van der Waals surface area contributed by atoms with Crippen molar-refractivity contribution in [3.63, 3.8) is 0 Å². The van der Waals surface area contributed by atoms with Crippen LogP contribution in [0.1, 0.15) is 22.9 Å². The van der Waals surface area contributed by atoms with E-state index in [1.165, 1.54) is 0 Å². The number of aromatic nitrogens is 2. The third-order valence-electron chi connectivity index (χ3n) is 5.11. The third-order valence-corrected chi connectivity index (χ3v) is 5.11. The van der Waals surface area contributed by atoms with E-state index in [1.807, 2.05) is 54.6 Å². The Bertz CT molecular complexity index is 1230. The summed E-state index contributed by atoms with van der Waals surface area (Å²) in [4.78, 5) is 24.7. The monoisotopic (exact) mass is 368 g/mol. The lowest BCUT2D eigenvalue weighted by atomic mass is 10.1. The number of esters is 1. The summed E-state index contributed by atoms with van der Waals surface area (Å²) in [5, 5.41) is 7.70. The summed E-state index contributed by atoms with van der Waals surface area (Å²) < 4.78 is 5.88. The van der Waals surface area contributed by atoms with Crippen molar-refractivity contribution in [3.05, 3.63) is 100.0 Å². The fraction of sp³-hybridized carbons (Fsp3) is 0.0870. The van der Waals surface area contributed by atoms with E-state index in [1.54, 1.807) is 18.2 Å². The molecule has 5 nitrogen and oxygen atoms in total. The van der Waals surface area contributed by atoms with Gasteiger partial charge in [-0.3, -0.25) is 9.59 Å². The molecule has 5 heteroatoms. The van der Waals surface area contributed by atoms with Gasteiger partial charge in [0.2, 0.25) is 0 Å². The van der Waals surface area contributed by atoms with E-state index >= 15 is 0 Å². The van der Waals surface area contributed by atoms with Gasteiger partial charge in [-0.15, -0.1) is 0 Å². The molecule has 0 spiro atoms. The molecular weight excluding hydrogens is 352 g/mol. The van der Waals surface area contributed by atoms with Gasteiger partial charge in [0.15, 0.2) is 6.10 Å². The number of aromatic amines is 1. The molecule has 1 aromatic heterocycles. The Hall–Kier alpha value is -3.73. The Labute approximate surface area is 160 Å². The maximum atomic E-state index is 12.8. The molecule has 0 amide bonds. The number of fused-ring (bicyclic) bond motifs is 4.